The maximum Gasteiger partial charge on any atom is 0.325 e. The molecule has 1 aromatic carbocycles. The number of esters is 1. The minimum Gasteiger partial charge on any atom is -0.496 e. The molecule has 1 amide bonds. The molecule has 0 aliphatic carbocycles. The van der Waals surface area contributed by atoms with E-state index in [1.54, 1.807) is 6.92 Å². The zero-order chi connectivity index (χ0) is 15.6. The number of carbonyl (C=O) groups is 2. The van der Waals surface area contributed by atoms with Crippen molar-refractivity contribution in [1.29, 1.82) is 5.26 Å². The molecule has 110 valence electrons. The minimum absolute atomic E-state index is 0.0200. The van der Waals surface area contributed by atoms with Gasteiger partial charge in [0.25, 0.3) is 5.91 Å². The first-order chi connectivity index (χ1) is 10.0. The van der Waals surface area contributed by atoms with Crippen LogP contribution in [-0.4, -0.2) is 37.0 Å². The van der Waals surface area contributed by atoms with Crippen molar-refractivity contribution < 1.29 is 23.5 Å². The number of methoxy groups -OCH3 is 1. The van der Waals surface area contributed by atoms with E-state index in [0.29, 0.717) is 0 Å². The maximum atomic E-state index is 14.0. The van der Waals surface area contributed by atoms with Crippen LogP contribution in [0.1, 0.15) is 28.9 Å². The van der Waals surface area contributed by atoms with Crippen molar-refractivity contribution in [1.82, 2.24) is 4.90 Å². The summed E-state index contributed by atoms with van der Waals surface area (Å²) in [4.78, 5) is 24.9. The number of rotatable bonds is 4. The maximum absolute atomic E-state index is 14.0. The zero-order valence-electron chi connectivity index (χ0n) is 11.6. The van der Waals surface area contributed by atoms with Crippen LogP contribution >= 0.6 is 0 Å². The van der Waals surface area contributed by atoms with Crippen molar-refractivity contribution in [2.45, 2.75) is 13.0 Å². The number of carbonyl (C=O) groups excluding carboxylic acids is 2. The highest BCUT2D eigenvalue weighted by molar-refractivity contribution is 6.03. The monoisotopic (exact) mass is 292 g/mol. The van der Waals surface area contributed by atoms with Crippen molar-refractivity contribution in [3.8, 4) is 11.8 Å². The average Bonchev–Trinajstić information content (AvgIpc) is 2.74. The number of nitrogens with zero attached hydrogens (tertiary/aromatic N) is 2. The fraction of sp³-hybridized carbons (Fsp3) is 0.357. The van der Waals surface area contributed by atoms with Gasteiger partial charge in [-0.1, -0.05) is 0 Å². The van der Waals surface area contributed by atoms with Crippen molar-refractivity contribution in [2.24, 2.45) is 0 Å². The van der Waals surface area contributed by atoms with Gasteiger partial charge in [-0.2, -0.15) is 5.26 Å². The highest BCUT2D eigenvalue weighted by atomic mass is 19.1. The largest absolute Gasteiger partial charge is 0.496 e. The minimum atomic E-state index is -1.17. The van der Waals surface area contributed by atoms with E-state index >= 15 is 0 Å². The molecule has 0 fully saturated rings. The van der Waals surface area contributed by atoms with Gasteiger partial charge in [0, 0.05) is 5.56 Å². The molecule has 0 saturated carbocycles. The molecule has 1 aromatic rings. The number of benzene rings is 1. The second kappa shape index (κ2) is 5.79. The molecular formula is C14H13FN2O4. The van der Waals surface area contributed by atoms with Gasteiger partial charge in [-0.25, -0.2) is 4.39 Å². The van der Waals surface area contributed by atoms with Crippen LogP contribution in [0.3, 0.4) is 0 Å². The Hall–Kier alpha value is -2.62. The smallest absolute Gasteiger partial charge is 0.325 e. The van der Waals surface area contributed by atoms with E-state index in [-0.39, 0.29) is 23.5 Å². The molecule has 1 atom stereocenters. The van der Waals surface area contributed by atoms with Crippen molar-refractivity contribution in [3.05, 3.63) is 29.1 Å². The molecule has 0 saturated heterocycles. The highest BCUT2D eigenvalue weighted by Crippen LogP contribution is 2.39. The van der Waals surface area contributed by atoms with Crippen LogP contribution < -0.4 is 4.74 Å². The molecule has 1 aliphatic heterocycles. The molecule has 7 heteroatoms. The lowest BCUT2D eigenvalue weighted by Crippen LogP contribution is -2.34. The average molecular weight is 292 g/mol. The van der Waals surface area contributed by atoms with Crippen molar-refractivity contribution in [2.75, 3.05) is 20.3 Å². The zero-order valence-corrected chi connectivity index (χ0v) is 11.6. The second-order valence-corrected chi connectivity index (χ2v) is 4.31. The predicted octanol–water partition coefficient (Wildman–Crippen LogP) is 1.42. The Balaban J connectivity index is 2.45. The third-order valence-corrected chi connectivity index (χ3v) is 3.16. The molecule has 0 spiro atoms. The summed E-state index contributed by atoms with van der Waals surface area (Å²) >= 11 is 0. The summed E-state index contributed by atoms with van der Waals surface area (Å²) in [5.74, 6) is -1.79. The van der Waals surface area contributed by atoms with Crippen LogP contribution in [0.5, 0.6) is 5.75 Å². The molecule has 0 N–H and O–H groups in total. The molecule has 21 heavy (non-hydrogen) atoms. The van der Waals surface area contributed by atoms with Gasteiger partial charge in [0.1, 0.15) is 24.2 Å². The number of amides is 1. The van der Waals surface area contributed by atoms with E-state index in [9.17, 15) is 19.2 Å². The summed E-state index contributed by atoms with van der Waals surface area (Å²) in [6.07, 6.45) is 0. The Bertz CT molecular complexity index is 639. The van der Waals surface area contributed by atoms with Crippen LogP contribution in [0.15, 0.2) is 12.1 Å². The highest BCUT2D eigenvalue weighted by Gasteiger charge is 2.42. The molecule has 0 aromatic heterocycles. The van der Waals surface area contributed by atoms with Gasteiger partial charge in [0.15, 0.2) is 0 Å². The van der Waals surface area contributed by atoms with Gasteiger partial charge in [-0.15, -0.1) is 0 Å². The first-order valence-electron chi connectivity index (χ1n) is 6.27. The van der Waals surface area contributed by atoms with Crippen LogP contribution in [0, 0.1) is 17.1 Å². The number of halogens is 1. The quantitative estimate of drug-likeness (QED) is 0.784. The van der Waals surface area contributed by atoms with Crippen molar-refractivity contribution in [3.63, 3.8) is 0 Å². The molecule has 1 aliphatic rings. The molecule has 1 heterocycles. The third-order valence-electron chi connectivity index (χ3n) is 3.16. The Labute approximate surface area is 120 Å². The Morgan fingerprint density at radius 3 is 2.81 bits per heavy atom. The summed E-state index contributed by atoms with van der Waals surface area (Å²) in [7, 11) is 1.34. The normalized spacial score (nSPS) is 16.4. The number of hydrogen-bond donors (Lipinski definition) is 0. The summed E-state index contributed by atoms with van der Waals surface area (Å²) in [5.41, 5.74) is -0.0838. The second-order valence-electron chi connectivity index (χ2n) is 4.31. The molecule has 1 unspecified atom stereocenters. The topological polar surface area (TPSA) is 79.6 Å². The van der Waals surface area contributed by atoms with E-state index in [4.69, 9.17) is 9.47 Å². The van der Waals surface area contributed by atoms with Crippen LogP contribution in [0.4, 0.5) is 4.39 Å². The van der Waals surface area contributed by atoms with E-state index in [0.717, 1.165) is 11.0 Å². The number of ether oxygens (including phenoxy) is 2. The van der Waals surface area contributed by atoms with Gasteiger partial charge >= 0.3 is 5.97 Å². The van der Waals surface area contributed by atoms with Crippen LogP contribution in [0.25, 0.3) is 0 Å². The standard InChI is InChI=1S/C14H13FN2O4/c1-3-21-11(18)7-17-9(6-16)12-8(15)4-5-10(20-2)13(12)14(17)19/h4-5,9H,3,7H2,1-2H3. The van der Waals surface area contributed by atoms with Crippen LogP contribution in [0.2, 0.25) is 0 Å². The van der Waals surface area contributed by atoms with Crippen LogP contribution in [-0.2, 0) is 9.53 Å². The third kappa shape index (κ3) is 2.40. The number of nitriles is 1. The summed E-state index contributed by atoms with van der Waals surface area (Å²) in [6.45, 7) is 1.37. The van der Waals surface area contributed by atoms with Gasteiger partial charge in [0.05, 0.1) is 25.3 Å². The van der Waals surface area contributed by atoms with Gasteiger partial charge in [-0.05, 0) is 19.1 Å². The molecular weight excluding hydrogens is 279 g/mol. The Morgan fingerprint density at radius 1 is 1.52 bits per heavy atom. The Kier molecular flexibility index (Phi) is 4.08. The fourth-order valence-electron chi connectivity index (χ4n) is 2.29. The SMILES string of the molecule is CCOC(=O)CN1C(=O)c2c(OC)ccc(F)c2C1C#N. The van der Waals surface area contributed by atoms with Gasteiger partial charge in [-0.3, -0.25) is 9.59 Å². The lowest BCUT2D eigenvalue weighted by Gasteiger charge is -2.18. The number of fused-ring (bicyclic) bond motifs is 1. The van der Waals surface area contributed by atoms with E-state index in [2.05, 4.69) is 0 Å². The predicted molar refractivity (Wildman–Crippen MR) is 69.0 cm³/mol. The first-order valence-corrected chi connectivity index (χ1v) is 6.27. The lowest BCUT2D eigenvalue weighted by atomic mass is 10.0. The molecule has 2 rings (SSSR count). The van der Waals surface area contributed by atoms with Crippen molar-refractivity contribution >= 4 is 11.9 Å². The van der Waals surface area contributed by atoms with Gasteiger partial charge in [0.2, 0.25) is 0 Å². The van der Waals surface area contributed by atoms with E-state index in [1.165, 1.54) is 13.2 Å². The summed E-state index contributed by atoms with van der Waals surface area (Å²) in [6, 6.07) is 3.11. The lowest BCUT2D eigenvalue weighted by molar-refractivity contribution is -0.144. The Morgan fingerprint density at radius 2 is 2.24 bits per heavy atom. The van der Waals surface area contributed by atoms with Gasteiger partial charge < -0.3 is 14.4 Å². The fourth-order valence-corrected chi connectivity index (χ4v) is 2.29. The summed E-state index contributed by atoms with van der Waals surface area (Å²) < 4.78 is 23.8. The van der Waals surface area contributed by atoms with E-state index in [1.807, 2.05) is 6.07 Å². The van der Waals surface area contributed by atoms with E-state index < -0.39 is 30.3 Å². The number of hydrogen-bond acceptors (Lipinski definition) is 5. The molecule has 0 radical (unpaired) electrons. The summed E-state index contributed by atoms with van der Waals surface area (Å²) in [5, 5.41) is 9.23. The molecule has 0 bridgehead atoms. The molecule has 6 nitrogen and oxygen atoms in total. The first kappa shape index (κ1) is 14.8.